The van der Waals surface area contributed by atoms with Crippen LogP contribution in [0.25, 0.3) is 21.7 Å². The number of aromatic nitrogens is 3. The minimum absolute atomic E-state index is 0.00766. The number of aliphatic hydroxyl groups excluding tert-OH is 1. The summed E-state index contributed by atoms with van der Waals surface area (Å²) in [5.74, 6) is -9.01. The van der Waals surface area contributed by atoms with Gasteiger partial charge in [0.05, 0.1) is 19.5 Å². The van der Waals surface area contributed by atoms with Gasteiger partial charge in [-0.3, -0.25) is 57.7 Å². The van der Waals surface area contributed by atoms with Crippen LogP contribution >= 0.6 is 0 Å². The van der Waals surface area contributed by atoms with E-state index in [4.69, 9.17) is 17.2 Å². The molecule has 0 aliphatic carbocycles. The first-order valence-corrected chi connectivity index (χ1v) is 31.7. The number of phenols is 1. The number of nitrogens with two attached hydrogens (primary N) is 3. The summed E-state index contributed by atoms with van der Waals surface area (Å²) in [7, 11) is 0. The Bertz CT molecular complexity index is 3800. The average Bonchev–Trinajstić information content (AvgIpc) is 1.91. The van der Waals surface area contributed by atoms with Crippen molar-refractivity contribution in [2.75, 3.05) is 26.2 Å². The number of amides is 11. The topological polar surface area (TPSA) is 475 Å². The predicted octanol–water partition coefficient (Wildman–Crippen LogP) is -1.62. The summed E-state index contributed by atoms with van der Waals surface area (Å²) in [5.41, 5.74) is 19.1. The maximum Gasteiger partial charge on any atom is 0.245 e. The number of H-pyrrole nitrogens is 2. The lowest BCUT2D eigenvalue weighted by Crippen LogP contribution is -2.61. The molecular formula is C66H83N17O13. The Kier molecular flexibility index (Phi) is 25.0. The molecule has 4 aromatic carbocycles. The number of benzene rings is 4. The number of rotatable bonds is 33. The van der Waals surface area contributed by atoms with Crippen LogP contribution in [0.1, 0.15) is 81.2 Å². The number of fused-ring (bicyclic) bond motifs is 2. The number of primary amides is 1. The summed E-state index contributed by atoms with van der Waals surface area (Å²) >= 11 is 0. The summed E-state index contributed by atoms with van der Waals surface area (Å²) in [6.45, 7) is 2.34. The van der Waals surface area contributed by atoms with Crippen molar-refractivity contribution in [1.82, 2.24) is 67.7 Å². The highest BCUT2D eigenvalue weighted by Gasteiger charge is 2.40. The number of imidazole rings is 1. The first-order chi connectivity index (χ1) is 46.0. The molecule has 2 aliphatic rings. The van der Waals surface area contributed by atoms with E-state index in [0.29, 0.717) is 39.7 Å². The minimum atomic E-state index is -1.80. The van der Waals surface area contributed by atoms with Gasteiger partial charge in [0, 0.05) is 74.2 Å². The van der Waals surface area contributed by atoms with Gasteiger partial charge in [0.25, 0.3) is 0 Å². The number of nitrogens with one attached hydrogen (secondary N) is 11. The van der Waals surface area contributed by atoms with Crippen LogP contribution in [0.5, 0.6) is 5.75 Å². The number of aromatic hydroxyl groups is 1. The highest BCUT2D eigenvalue weighted by atomic mass is 16.3. The lowest BCUT2D eigenvalue weighted by molar-refractivity contribution is -0.142. The third-order valence-corrected chi connectivity index (χ3v) is 16.5. The van der Waals surface area contributed by atoms with Crippen LogP contribution in [0.4, 0.5) is 0 Å². The summed E-state index contributed by atoms with van der Waals surface area (Å²) in [6.07, 6.45) is 4.89. The molecule has 96 heavy (non-hydrogen) atoms. The van der Waals surface area contributed by atoms with Gasteiger partial charge in [-0.25, -0.2) is 4.98 Å². The van der Waals surface area contributed by atoms with Crippen molar-refractivity contribution in [1.29, 1.82) is 0 Å². The Balaban J connectivity index is 1.06. The average molecular weight is 1320 g/mol. The number of hydrogen-bond acceptors (Lipinski definition) is 15. The number of para-hydroxylation sites is 1. The molecule has 2 saturated heterocycles. The fourth-order valence-electron chi connectivity index (χ4n) is 11.6. The Hall–Kier alpha value is -10.9. The fourth-order valence-corrected chi connectivity index (χ4v) is 11.6. The van der Waals surface area contributed by atoms with Crippen molar-refractivity contribution in [3.05, 3.63) is 132 Å². The van der Waals surface area contributed by atoms with Gasteiger partial charge in [0.2, 0.25) is 65.0 Å². The molecule has 1 unspecified atom stereocenters. The van der Waals surface area contributed by atoms with Crippen LogP contribution in [0, 0.1) is 5.92 Å². The Morgan fingerprint density at radius 3 is 1.89 bits per heavy atom. The van der Waals surface area contributed by atoms with Crippen molar-refractivity contribution in [2.45, 2.75) is 139 Å². The molecule has 2 aromatic heterocycles. The highest BCUT2D eigenvalue weighted by Crippen LogP contribution is 2.23. The van der Waals surface area contributed by atoms with Gasteiger partial charge in [-0.15, -0.1) is 0 Å². The summed E-state index contributed by atoms with van der Waals surface area (Å²) in [5, 5.41) is 47.5. The fraction of sp³-hybridized carbons (Fsp3) is 0.409. The van der Waals surface area contributed by atoms with Gasteiger partial charge in [0.15, 0.2) is 5.96 Å². The molecule has 19 N–H and O–H groups in total. The Labute approximate surface area is 552 Å². The molecule has 0 saturated carbocycles. The van der Waals surface area contributed by atoms with Gasteiger partial charge < -0.3 is 90.1 Å². The smallest absolute Gasteiger partial charge is 0.245 e. The molecule has 11 amide bonds. The number of likely N-dealkylation sites (tertiary alicyclic amines) is 1. The number of phenolic OH excluding ortho intramolecular Hbond substituents is 1. The van der Waals surface area contributed by atoms with Crippen LogP contribution in [0.2, 0.25) is 0 Å². The molecule has 0 bridgehead atoms. The molecule has 510 valence electrons. The Morgan fingerprint density at radius 2 is 1.25 bits per heavy atom. The standard InChI is InChI=1S/C66H83N17O13/c1-36(2)25-48(58(89)76-47(13-7-23-71-66(68)69)65(96)83-24-8-14-54(83)64(95)73-33-55(67)86)77-60(91)50(28-38-15-18-39-9-3-4-10-40(39)26-38)78-59(90)49(27-37-16-19-43(85)20-17-37)79-63(94)53(34-84)82-61(92)51(29-41-31-72-45-12-6-5-11-44(41)45)80-62(93)52(30-42-32-70-35-74-42)81-57(88)46-21-22-56(87)75-46/h3-6,9-12,15-20,26,31-32,35-36,46-54,72,84-85H,7-8,13-14,21-25,27-30,33-34H2,1-2H3,(H2,67,86)(H,70,74)(H,73,95)(H,75,87)(H,76,89)(H,77,91)(H,78,90)(H,79,94)(H,80,93)(H,81,88)(H,82,92)(H4,68,69,71)/t46-,47-,48?,49-,50-,51+,52+,53-,54+/m1/s1. The van der Waals surface area contributed by atoms with Crippen molar-refractivity contribution in [3.63, 3.8) is 0 Å². The number of aliphatic hydroxyl groups is 1. The zero-order valence-electron chi connectivity index (χ0n) is 53.2. The molecule has 0 radical (unpaired) electrons. The first-order valence-electron chi connectivity index (χ1n) is 31.7. The quantitative estimate of drug-likeness (QED) is 0.0125. The zero-order valence-corrected chi connectivity index (χ0v) is 53.2. The number of nitrogens with zero attached hydrogens (tertiary/aromatic N) is 3. The van der Waals surface area contributed by atoms with E-state index in [9.17, 15) is 53.4 Å². The molecule has 2 aliphatic heterocycles. The van der Waals surface area contributed by atoms with E-state index in [1.807, 2.05) is 36.4 Å². The molecule has 30 heteroatoms. The SMILES string of the molecule is CC(C)CC(NC(=O)[C@@H](Cc1ccc2ccccc2c1)NC(=O)[C@@H](Cc1ccc(O)cc1)NC(=O)[C@@H](CO)NC(=O)[C@H](Cc1c[nH]c2ccccc12)NC(=O)[C@H](Cc1cnc[nH]1)NC(=O)[C@H]1CCC(=O)N1)C(=O)N[C@H](CCCN=C(N)N)C(=O)N1CCC[C@H]1C(=O)NCC(N)=O. The molecular weight excluding hydrogens is 1240 g/mol. The maximum atomic E-state index is 15.1. The van der Waals surface area contributed by atoms with Crippen molar-refractivity contribution >= 4 is 92.6 Å². The van der Waals surface area contributed by atoms with E-state index in [-0.39, 0.29) is 101 Å². The normalized spacial score (nSPS) is 16.5. The first kappa shape index (κ1) is 70.9. The highest BCUT2D eigenvalue weighted by molar-refractivity contribution is 6.00. The second-order valence-corrected chi connectivity index (χ2v) is 24.3. The molecule has 30 nitrogen and oxygen atoms in total. The number of carbonyl (C=O) groups excluding carboxylic acids is 11. The van der Waals surface area contributed by atoms with Crippen LogP contribution in [0.3, 0.4) is 0 Å². The van der Waals surface area contributed by atoms with Gasteiger partial charge in [0.1, 0.15) is 60.1 Å². The zero-order chi connectivity index (χ0) is 69.0. The van der Waals surface area contributed by atoms with Crippen LogP contribution in [-0.2, 0) is 78.4 Å². The van der Waals surface area contributed by atoms with Gasteiger partial charge >= 0.3 is 0 Å². The summed E-state index contributed by atoms with van der Waals surface area (Å²) in [4.78, 5) is 169. The van der Waals surface area contributed by atoms with Crippen molar-refractivity contribution in [3.8, 4) is 5.75 Å². The minimum Gasteiger partial charge on any atom is -0.508 e. The second kappa shape index (κ2) is 33.8. The van der Waals surface area contributed by atoms with Gasteiger partial charge in [-0.2, -0.15) is 0 Å². The molecule has 9 atom stereocenters. The van der Waals surface area contributed by atoms with E-state index >= 15 is 9.59 Å². The number of carbonyl (C=O) groups is 11. The van der Waals surface area contributed by atoms with Crippen molar-refractivity contribution in [2.24, 2.45) is 28.1 Å². The molecule has 8 rings (SSSR count). The van der Waals surface area contributed by atoms with E-state index in [2.05, 4.69) is 67.8 Å². The largest absolute Gasteiger partial charge is 0.508 e. The second-order valence-electron chi connectivity index (χ2n) is 24.3. The third kappa shape index (κ3) is 20.1. The van der Waals surface area contributed by atoms with E-state index in [0.717, 1.165) is 10.8 Å². The van der Waals surface area contributed by atoms with E-state index in [1.165, 1.54) is 41.7 Å². The molecule has 6 aromatic rings. The summed E-state index contributed by atoms with van der Waals surface area (Å²) < 4.78 is 0. The van der Waals surface area contributed by atoms with Crippen LogP contribution < -0.4 is 65.1 Å². The molecule has 4 heterocycles. The number of hydrogen-bond donors (Lipinski definition) is 16. The molecule has 0 spiro atoms. The molecule has 2 fully saturated rings. The van der Waals surface area contributed by atoms with E-state index < -0.39 is 127 Å². The summed E-state index contributed by atoms with van der Waals surface area (Å²) in [6, 6.07) is 13.5. The third-order valence-electron chi connectivity index (χ3n) is 16.5. The number of guanidine groups is 1. The van der Waals surface area contributed by atoms with E-state index in [1.54, 1.807) is 50.4 Å². The number of aromatic amines is 2. The lowest BCUT2D eigenvalue weighted by atomic mass is 9.98. The van der Waals surface area contributed by atoms with Crippen molar-refractivity contribution < 1.29 is 63.0 Å². The predicted molar refractivity (Wildman–Crippen MR) is 352 cm³/mol. The number of aliphatic imine (C=N–C) groups is 1. The Morgan fingerprint density at radius 1 is 0.656 bits per heavy atom. The monoisotopic (exact) mass is 1320 g/mol. The van der Waals surface area contributed by atoms with Crippen LogP contribution in [-0.4, -0.2) is 182 Å². The van der Waals surface area contributed by atoms with Gasteiger partial charge in [-0.1, -0.05) is 86.6 Å². The van der Waals surface area contributed by atoms with Crippen LogP contribution in [0.15, 0.2) is 115 Å². The maximum absolute atomic E-state index is 15.1. The lowest BCUT2D eigenvalue weighted by Gasteiger charge is -2.30. The van der Waals surface area contributed by atoms with Gasteiger partial charge in [-0.05, 0) is 90.1 Å².